The van der Waals surface area contributed by atoms with E-state index in [2.05, 4.69) is 9.97 Å². The molecule has 1 fully saturated rings. The summed E-state index contributed by atoms with van der Waals surface area (Å²) in [6, 6.07) is 10.7. The molecule has 1 aliphatic rings. The number of piperazine rings is 1. The number of amides is 1. The van der Waals surface area contributed by atoms with Gasteiger partial charge in [0, 0.05) is 43.5 Å². The Labute approximate surface area is 197 Å². The van der Waals surface area contributed by atoms with Crippen molar-refractivity contribution in [3.8, 4) is 11.5 Å². The van der Waals surface area contributed by atoms with E-state index in [0.717, 1.165) is 5.56 Å². The Balaban J connectivity index is 1.52. The smallest absolute Gasteiger partial charge is 0.228 e. The molecule has 2 atom stereocenters. The second kappa shape index (κ2) is 9.68. The van der Waals surface area contributed by atoms with Crippen LogP contribution in [-0.4, -0.2) is 60.7 Å². The van der Waals surface area contributed by atoms with Crippen LogP contribution >= 0.6 is 0 Å². The molecule has 0 saturated carbocycles. The summed E-state index contributed by atoms with van der Waals surface area (Å²) in [6.45, 7) is 3.38. The lowest BCUT2D eigenvalue weighted by molar-refractivity contribution is -0.132. The van der Waals surface area contributed by atoms with Crippen LogP contribution in [0.1, 0.15) is 24.9 Å². The second-order valence-corrected chi connectivity index (χ2v) is 8.33. The Bertz CT molecular complexity index is 1190. The van der Waals surface area contributed by atoms with Crippen molar-refractivity contribution >= 4 is 28.6 Å². The van der Waals surface area contributed by atoms with Crippen LogP contribution in [0.3, 0.4) is 0 Å². The molecule has 1 amide bonds. The molecule has 9 nitrogen and oxygen atoms in total. The predicted molar refractivity (Wildman–Crippen MR) is 128 cm³/mol. The van der Waals surface area contributed by atoms with Crippen molar-refractivity contribution in [2.24, 2.45) is 5.73 Å². The van der Waals surface area contributed by atoms with E-state index in [1.165, 1.54) is 14.2 Å². The van der Waals surface area contributed by atoms with E-state index in [1.54, 1.807) is 11.0 Å². The van der Waals surface area contributed by atoms with E-state index in [1.807, 2.05) is 42.2 Å². The number of halogens is 1. The lowest BCUT2D eigenvalue weighted by atomic mass is 10.0. The Kier molecular flexibility index (Phi) is 6.69. The summed E-state index contributed by atoms with van der Waals surface area (Å²) >= 11 is 0. The number of hydrogen-bond acceptors (Lipinski definition) is 8. The number of hydrogen-bond donors (Lipinski definition) is 2. The van der Waals surface area contributed by atoms with Crippen molar-refractivity contribution in [2.75, 3.05) is 44.5 Å². The first-order chi connectivity index (χ1) is 16.3. The molecular formula is C24H29FN6O3. The van der Waals surface area contributed by atoms with Gasteiger partial charge in [0.2, 0.25) is 11.9 Å². The number of fused-ring (bicyclic) bond motifs is 1. The Morgan fingerprint density at radius 2 is 1.94 bits per heavy atom. The summed E-state index contributed by atoms with van der Waals surface area (Å²) in [7, 11) is 2.78. The number of carbonyl (C=O) groups is 1. The first kappa shape index (κ1) is 23.5. The fourth-order valence-electron chi connectivity index (χ4n) is 4.28. The third kappa shape index (κ3) is 4.41. The monoisotopic (exact) mass is 468 g/mol. The van der Waals surface area contributed by atoms with E-state index in [0.29, 0.717) is 31.0 Å². The van der Waals surface area contributed by atoms with Gasteiger partial charge in [0.25, 0.3) is 0 Å². The van der Waals surface area contributed by atoms with Gasteiger partial charge in [-0.15, -0.1) is 0 Å². The molecule has 2 aromatic carbocycles. The zero-order valence-corrected chi connectivity index (χ0v) is 19.5. The molecule has 1 aliphatic heterocycles. The molecule has 10 heteroatoms. The lowest BCUT2D eigenvalue weighted by Gasteiger charge is -2.40. The number of nitrogens with two attached hydrogens (primary N) is 2. The van der Waals surface area contributed by atoms with Gasteiger partial charge in [-0.2, -0.15) is 4.98 Å². The molecule has 1 aromatic heterocycles. The van der Waals surface area contributed by atoms with E-state index >= 15 is 4.39 Å². The number of benzene rings is 2. The molecular weight excluding hydrogens is 439 g/mol. The maximum atomic E-state index is 15.1. The normalized spacial score (nSPS) is 17.0. The highest BCUT2D eigenvalue weighted by Gasteiger charge is 2.30. The van der Waals surface area contributed by atoms with Gasteiger partial charge in [-0.3, -0.25) is 4.79 Å². The minimum atomic E-state index is -0.663. The molecule has 1 saturated heterocycles. The van der Waals surface area contributed by atoms with Crippen LogP contribution in [0.2, 0.25) is 0 Å². The number of aromatic nitrogens is 2. The topological polar surface area (TPSA) is 120 Å². The number of carbonyl (C=O) groups excluding carboxylic acids is 1. The van der Waals surface area contributed by atoms with Crippen LogP contribution in [0.15, 0.2) is 36.4 Å². The van der Waals surface area contributed by atoms with Gasteiger partial charge in [-0.25, -0.2) is 9.37 Å². The molecule has 0 spiro atoms. The fourth-order valence-corrected chi connectivity index (χ4v) is 4.28. The third-order valence-electron chi connectivity index (χ3n) is 6.15. The predicted octanol–water partition coefficient (Wildman–Crippen LogP) is 2.50. The van der Waals surface area contributed by atoms with Crippen molar-refractivity contribution < 1.29 is 18.7 Å². The van der Waals surface area contributed by atoms with Crippen LogP contribution in [0.5, 0.6) is 11.5 Å². The number of nitrogens with zero attached hydrogens (tertiary/aromatic N) is 4. The summed E-state index contributed by atoms with van der Waals surface area (Å²) in [5, 5.41) is 0.343. The number of anilines is 2. The maximum Gasteiger partial charge on any atom is 0.228 e. The van der Waals surface area contributed by atoms with Gasteiger partial charge in [-0.05, 0) is 18.6 Å². The highest BCUT2D eigenvalue weighted by Crippen LogP contribution is 2.37. The van der Waals surface area contributed by atoms with Gasteiger partial charge < -0.3 is 30.7 Å². The lowest BCUT2D eigenvalue weighted by Crippen LogP contribution is -2.54. The van der Waals surface area contributed by atoms with E-state index in [4.69, 9.17) is 20.9 Å². The highest BCUT2D eigenvalue weighted by atomic mass is 19.1. The molecule has 180 valence electrons. The summed E-state index contributed by atoms with van der Waals surface area (Å²) in [4.78, 5) is 25.5. The maximum absolute atomic E-state index is 15.1. The van der Waals surface area contributed by atoms with Crippen LogP contribution in [0, 0.1) is 5.82 Å². The zero-order chi connectivity index (χ0) is 24.4. The molecule has 4 N–H and O–H groups in total. The summed E-state index contributed by atoms with van der Waals surface area (Å²) < 4.78 is 25.5. The zero-order valence-electron chi connectivity index (χ0n) is 19.5. The van der Waals surface area contributed by atoms with E-state index < -0.39 is 5.82 Å². The van der Waals surface area contributed by atoms with E-state index in [9.17, 15) is 4.79 Å². The number of ether oxygens (including phenoxy) is 2. The van der Waals surface area contributed by atoms with Gasteiger partial charge >= 0.3 is 0 Å². The molecule has 2 heterocycles. The number of methoxy groups -OCH3 is 2. The van der Waals surface area contributed by atoms with Gasteiger partial charge in [0.1, 0.15) is 11.3 Å². The van der Waals surface area contributed by atoms with Crippen LogP contribution in [0.25, 0.3) is 10.9 Å². The standard InChI is InChI=1S/C24H29FN6O3/c1-14-13-30(19(32)12-17(26)15-7-5-4-6-8-15)9-10-31(14)24-28-21-16(23(27)29-24)11-18(33-2)22(34-3)20(21)25/h4-8,11,14,17H,9-10,12-13,26H2,1-3H3,(H2,27,28,29). The van der Waals surface area contributed by atoms with Gasteiger partial charge in [-0.1, -0.05) is 30.3 Å². The largest absolute Gasteiger partial charge is 0.493 e. The van der Waals surface area contributed by atoms with Crippen molar-refractivity contribution in [3.63, 3.8) is 0 Å². The van der Waals surface area contributed by atoms with Crippen molar-refractivity contribution in [1.29, 1.82) is 0 Å². The first-order valence-electron chi connectivity index (χ1n) is 11.1. The number of rotatable bonds is 6. The van der Waals surface area contributed by atoms with Crippen LogP contribution in [0.4, 0.5) is 16.2 Å². The average Bonchev–Trinajstić information content (AvgIpc) is 2.84. The minimum Gasteiger partial charge on any atom is -0.493 e. The Hall–Kier alpha value is -3.66. The van der Waals surface area contributed by atoms with Crippen molar-refractivity contribution in [2.45, 2.75) is 25.4 Å². The molecule has 34 heavy (non-hydrogen) atoms. The SMILES string of the molecule is COc1cc2c(N)nc(N3CCN(C(=O)CC(N)c4ccccc4)CC3C)nc2c(F)c1OC. The Morgan fingerprint density at radius 3 is 2.59 bits per heavy atom. The fraction of sp³-hybridized carbons (Fsp3) is 0.375. The van der Waals surface area contributed by atoms with Crippen LogP contribution in [-0.2, 0) is 4.79 Å². The molecule has 4 rings (SSSR count). The average molecular weight is 469 g/mol. The molecule has 3 aromatic rings. The second-order valence-electron chi connectivity index (χ2n) is 8.33. The molecule has 0 aliphatic carbocycles. The van der Waals surface area contributed by atoms with E-state index in [-0.39, 0.29) is 47.2 Å². The van der Waals surface area contributed by atoms with Crippen molar-refractivity contribution in [3.05, 3.63) is 47.8 Å². The summed E-state index contributed by atoms with van der Waals surface area (Å²) in [5.74, 6) is -0.0636. The molecule has 0 radical (unpaired) electrons. The summed E-state index contributed by atoms with van der Waals surface area (Å²) in [5.41, 5.74) is 13.4. The first-order valence-corrected chi connectivity index (χ1v) is 11.1. The molecule has 0 bridgehead atoms. The molecule has 2 unspecified atom stereocenters. The third-order valence-corrected chi connectivity index (χ3v) is 6.15. The van der Waals surface area contributed by atoms with Gasteiger partial charge in [0.05, 0.1) is 14.2 Å². The highest BCUT2D eigenvalue weighted by molar-refractivity contribution is 5.92. The quantitative estimate of drug-likeness (QED) is 0.566. The van der Waals surface area contributed by atoms with Gasteiger partial charge in [0.15, 0.2) is 17.3 Å². The minimum absolute atomic E-state index is 0.00956. The number of nitrogen functional groups attached to an aromatic ring is 1. The Morgan fingerprint density at radius 1 is 1.21 bits per heavy atom. The summed E-state index contributed by atoms with van der Waals surface area (Å²) in [6.07, 6.45) is 0.225. The van der Waals surface area contributed by atoms with Crippen LogP contribution < -0.4 is 25.8 Å². The van der Waals surface area contributed by atoms with Crippen molar-refractivity contribution in [1.82, 2.24) is 14.9 Å².